The van der Waals surface area contributed by atoms with Crippen LogP contribution in [-0.4, -0.2) is 55.6 Å². The van der Waals surface area contributed by atoms with Gasteiger partial charge in [0.15, 0.2) is 6.29 Å². The molecule has 0 radical (unpaired) electrons. The number of benzene rings is 4. The van der Waals surface area contributed by atoms with Gasteiger partial charge in [0.2, 0.25) is 0 Å². The maximum Gasteiger partial charge on any atom is 0.187 e. The summed E-state index contributed by atoms with van der Waals surface area (Å²) >= 11 is 0. The van der Waals surface area contributed by atoms with Crippen LogP contribution >= 0.6 is 0 Å². The third kappa shape index (κ3) is 9.55. The SMILES string of the molecule is OCCO[C@@H]1O[C@H](COCc2ccccc2)[C@@H](OCc2ccccc2)[C@H](OCc2ccccc2)[C@@H]1OCc1ccccc1. The van der Waals surface area contributed by atoms with Gasteiger partial charge in [0.25, 0.3) is 0 Å². The van der Waals surface area contributed by atoms with Gasteiger partial charge in [0.1, 0.15) is 24.4 Å². The fraction of sp³-hybridized carbons (Fsp3) is 0.333. The lowest BCUT2D eigenvalue weighted by Gasteiger charge is -2.45. The van der Waals surface area contributed by atoms with Gasteiger partial charge in [-0.05, 0) is 22.3 Å². The molecule has 1 heterocycles. The second kappa shape index (κ2) is 17.0. The molecule has 5 rings (SSSR count). The summed E-state index contributed by atoms with van der Waals surface area (Å²) in [5, 5.41) is 9.60. The molecule has 0 spiro atoms. The van der Waals surface area contributed by atoms with Crippen LogP contribution in [0.3, 0.4) is 0 Å². The summed E-state index contributed by atoms with van der Waals surface area (Å²) in [4.78, 5) is 0. The van der Waals surface area contributed by atoms with Crippen LogP contribution in [0.2, 0.25) is 0 Å². The first-order chi connectivity index (χ1) is 21.3. The maximum atomic E-state index is 9.60. The number of aliphatic hydroxyl groups is 1. The van der Waals surface area contributed by atoms with Crippen molar-refractivity contribution in [3.05, 3.63) is 144 Å². The lowest BCUT2D eigenvalue weighted by atomic mass is 9.97. The van der Waals surface area contributed by atoms with E-state index in [0.717, 1.165) is 22.3 Å². The van der Waals surface area contributed by atoms with E-state index in [2.05, 4.69) is 0 Å². The van der Waals surface area contributed by atoms with Crippen LogP contribution < -0.4 is 0 Å². The molecule has 5 atom stereocenters. The standard InChI is InChI=1S/C36H40O7/c37-21-22-39-36-35(42-26-31-19-11-4-12-20-31)34(41-25-30-17-9-3-10-18-30)33(40-24-29-15-7-2-8-16-29)32(43-36)27-38-23-28-13-5-1-6-14-28/h1-20,32-37H,21-27H2/t32-,33-,34+,35+,36-/m1/s1. The van der Waals surface area contributed by atoms with E-state index < -0.39 is 30.7 Å². The maximum absolute atomic E-state index is 9.60. The third-order valence-electron chi connectivity index (χ3n) is 7.21. The van der Waals surface area contributed by atoms with Gasteiger partial charge in [0, 0.05) is 0 Å². The summed E-state index contributed by atoms with van der Waals surface area (Å²) < 4.78 is 38.5. The molecule has 0 bridgehead atoms. The minimum atomic E-state index is -0.807. The summed E-state index contributed by atoms with van der Waals surface area (Å²) in [5.41, 5.74) is 4.14. The molecule has 43 heavy (non-hydrogen) atoms. The highest BCUT2D eigenvalue weighted by molar-refractivity contribution is 5.16. The molecule has 0 unspecified atom stereocenters. The fourth-order valence-electron chi connectivity index (χ4n) is 5.05. The zero-order valence-electron chi connectivity index (χ0n) is 24.3. The van der Waals surface area contributed by atoms with E-state index >= 15 is 0 Å². The Balaban J connectivity index is 1.41. The van der Waals surface area contributed by atoms with E-state index in [1.54, 1.807) is 0 Å². The Morgan fingerprint density at radius 1 is 0.488 bits per heavy atom. The molecule has 1 aliphatic rings. The minimum absolute atomic E-state index is 0.0917. The van der Waals surface area contributed by atoms with Gasteiger partial charge >= 0.3 is 0 Å². The molecule has 4 aromatic rings. The molecule has 1 aliphatic heterocycles. The summed E-state index contributed by atoms with van der Waals surface area (Å²) in [6.45, 7) is 1.68. The van der Waals surface area contributed by atoms with Gasteiger partial charge in [-0.2, -0.15) is 0 Å². The highest BCUT2D eigenvalue weighted by Gasteiger charge is 2.49. The van der Waals surface area contributed by atoms with Crippen LogP contribution in [0.4, 0.5) is 0 Å². The van der Waals surface area contributed by atoms with Crippen molar-refractivity contribution >= 4 is 0 Å². The smallest absolute Gasteiger partial charge is 0.187 e. The average molecular weight is 585 g/mol. The van der Waals surface area contributed by atoms with Crippen molar-refractivity contribution in [3.63, 3.8) is 0 Å². The van der Waals surface area contributed by atoms with Gasteiger partial charge in [-0.1, -0.05) is 121 Å². The zero-order valence-corrected chi connectivity index (χ0v) is 24.3. The van der Waals surface area contributed by atoms with Crippen molar-refractivity contribution in [3.8, 4) is 0 Å². The summed E-state index contributed by atoms with van der Waals surface area (Å²) in [7, 11) is 0. The Hall–Kier alpha value is -3.40. The highest BCUT2D eigenvalue weighted by atomic mass is 16.7. The predicted molar refractivity (Wildman–Crippen MR) is 163 cm³/mol. The van der Waals surface area contributed by atoms with Crippen LogP contribution in [-0.2, 0) is 54.8 Å². The second-order valence-electron chi connectivity index (χ2n) is 10.4. The van der Waals surface area contributed by atoms with E-state index in [1.165, 1.54) is 0 Å². The molecule has 226 valence electrons. The quantitative estimate of drug-likeness (QED) is 0.181. The van der Waals surface area contributed by atoms with Gasteiger partial charge in [0.05, 0.1) is 46.2 Å². The van der Waals surface area contributed by atoms with E-state index in [9.17, 15) is 5.11 Å². The van der Waals surface area contributed by atoms with Crippen molar-refractivity contribution in [2.45, 2.75) is 57.1 Å². The number of ether oxygens (including phenoxy) is 6. The molecule has 0 amide bonds. The number of rotatable bonds is 16. The Bertz CT molecular complexity index is 1290. The third-order valence-corrected chi connectivity index (χ3v) is 7.21. The van der Waals surface area contributed by atoms with E-state index in [4.69, 9.17) is 28.4 Å². The molecular formula is C36H40O7. The lowest BCUT2D eigenvalue weighted by Crippen LogP contribution is -2.61. The molecule has 1 N–H and O–H groups in total. The van der Waals surface area contributed by atoms with Crippen molar-refractivity contribution in [1.82, 2.24) is 0 Å². The highest BCUT2D eigenvalue weighted by Crippen LogP contribution is 2.31. The Labute approximate surface area is 253 Å². The number of aliphatic hydroxyl groups excluding tert-OH is 1. The van der Waals surface area contributed by atoms with Crippen LogP contribution in [0.25, 0.3) is 0 Å². The fourth-order valence-corrected chi connectivity index (χ4v) is 5.05. The molecule has 1 fully saturated rings. The molecule has 0 aromatic heterocycles. The van der Waals surface area contributed by atoms with Crippen molar-refractivity contribution < 1.29 is 33.5 Å². The molecule has 7 heteroatoms. The molecule has 4 aromatic carbocycles. The topological polar surface area (TPSA) is 75.6 Å². The molecule has 7 nitrogen and oxygen atoms in total. The normalized spacial score (nSPS) is 21.9. The van der Waals surface area contributed by atoms with Crippen LogP contribution in [0.1, 0.15) is 22.3 Å². The predicted octanol–water partition coefficient (Wildman–Crippen LogP) is 5.69. The van der Waals surface area contributed by atoms with E-state index in [1.807, 2.05) is 121 Å². The van der Waals surface area contributed by atoms with E-state index in [0.29, 0.717) is 26.4 Å². The number of hydrogen-bond donors (Lipinski definition) is 1. The van der Waals surface area contributed by atoms with Crippen LogP contribution in [0.5, 0.6) is 0 Å². The lowest BCUT2D eigenvalue weighted by molar-refractivity contribution is -0.329. The molecule has 1 saturated heterocycles. The molecular weight excluding hydrogens is 544 g/mol. The first-order valence-electron chi connectivity index (χ1n) is 14.8. The summed E-state index contributed by atoms with van der Waals surface area (Å²) in [6.07, 6.45) is -3.06. The summed E-state index contributed by atoms with van der Waals surface area (Å²) in [6, 6.07) is 40.0. The number of hydrogen-bond acceptors (Lipinski definition) is 7. The van der Waals surface area contributed by atoms with Crippen molar-refractivity contribution in [2.24, 2.45) is 0 Å². The van der Waals surface area contributed by atoms with Crippen LogP contribution in [0.15, 0.2) is 121 Å². The molecule has 0 saturated carbocycles. The molecule has 0 aliphatic carbocycles. The largest absolute Gasteiger partial charge is 0.394 e. The minimum Gasteiger partial charge on any atom is -0.394 e. The summed E-state index contributed by atoms with van der Waals surface area (Å²) in [5.74, 6) is 0. The first kappa shape index (κ1) is 31.0. The van der Waals surface area contributed by atoms with Crippen molar-refractivity contribution in [2.75, 3.05) is 19.8 Å². The first-order valence-corrected chi connectivity index (χ1v) is 14.8. The monoisotopic (exact) mass is 584 g/mol. The van der Waals surface area contributed by atoms with Crippen molar-refractivity contribution in [1.29, 1.82) is 0 Å². The van der Waals surface area contributed by atoms with Gasteiger partial charge < -0.3 is 33.5 Å². The average Bonchev–Trinajstić information content (AvgIpc) is 3.07. The Morgan fingerprint density at radius 2 is 0.907 bits per heavy atom. The Morgan fingerprint density at radius 3 is 1.37 bits per heavy atom. The zero-order chi connectivity index (χ0) is 29.5. The van der Waals surface area contributed by atoms with Crippen LogP contribution in [0, 0.1) is 0 Å². The van der Waals surface area contributed by atoms with Gasteiger partial charge in [-0.3, -0.25) is 0 Å². The Kier molecular flexibility index (Phi) is 12.3. The van der Waals surface area contributed by atoms with Gasteiger partial charge in [-0.15, -0.1) is 0 Å². The van der Waals surface area contributed by atoms with Gasteiger partial charge in [-0.25, -0.2) is 0 Å². The van der Waals surface area contributed by atoms with E-state index in [-0.39, 0.29) is 19.8 Å². The second-order valence-corrected chi connectivity index (χ2v) is 10.4.